The molecule has 0 spiro atoms. The summed E-state index contributed by atoms with van der Waals surface area (Å²) in [5.74, 6) is -0.0558. The van der Waals surface area contributed by atoms with Crippen molar-refractivity contribution in [2.24, 2.45) is 0 Å². The largest absolute Gasteiger partial charge is 0.346 e. The maximum Gasteiger partial charge on any atom is 0.251 e. The number of rotatable bonds is 5. The zero-order valence-corrected chi connectivity index (χ0v) is 15.6. The average Bonchev–Trinajstić information content (AvgIpc) is 3.40. The number of nitrogens with zero attached hydrogens (tertiary/aromatic N) is 4. The highest BCUT2D eigenvalue weighted by Gasteiger charge is 2.22. The first-order chi connectivity index (χ1) is 13.6. The van der Waals surface area contributed by atoms with Crippen LogP contribution in [-0.4, -0.2) is 33.1 Å². The van der Waals surface area contributed by atoms with Gasteiger partial charge in [-0.2, -0.15) is 5.10 Å². The van der Waals surface area contributed by atoms with Crippen molar-refractivity contribution in [1.82, 2.24) is 20.1 Å². The highest BCUT2D eigenvalue weighted by Crippen LogP contribution is 2.23. The maximum absolute atomic E-state index is 12.7. The molecule has 1 N–H and O–H groups in total. The molecule has 1 fully saturated rings. The van der Waals surface area contributed by atoms with Gasteiger partial charge in [-0.15, -0.1) is 0 Å². The molecule has 7 nitrogen and oxygen atoms in total. The normalized spacial score (nSPS) is 14.9. The molecule has 1 aliphatic heterocycles. The van der Waals surface area contributed by atoms with E-state index in [2.05, 4.69) is 15.4 Å². The summed E-state index contributed by atoms with van der Waals surface area (Å²) in [6.07, 6.45) is 4.55. The van der Waals surface area contributed by atoms with Gasteiger partial charge in [-0.05, 0) is 49.2 Å². The Hall–Kier alpha value is -3.48. The van der Waals surface area contributed by atoms with Crippen LogP contribution in [0.2, 0.25) is 0 Å². The number of benzene rings is 2. The number of carbonyl (C=O) groups is 2. The van der Waals surface area contributed by atoms with Crippen molar-refractivity contribution in [2.75, 3.05) is 11.4 Å². The Bertz CT molecular complexity index is 982. The number of nitrogens with one attached hydrogen (secondary N) is 1. The lowest BCUT2D eigenvalue weighted by molar-refractivity contribution is -0.117. The molecule has 0 unspecified atom stereocenters. The standard InChI is InChI=1S/C21H21N5O2/c1-15(16-7-9-18(10-8-16)26-14-22-13-23-26)24-21(28)17-4-2-5-19(12-17)25-11-3-6-20(25)27/h2,4-5,7-10,12-15H,3,6,11H2,1H3,(H,24,28)/t15-/m1/s1. The van der Waals surface area contributed by atoms with Crippen molar-refractivity contribution in [1.29, 1.82) is 0 Å². The van der Waals surface area contributed by atoms with Gasteiger partial charge in [0.2, 0.25) is 5.91 Å². The molecule has 3 aromatic rings. The smallest absolute Gasteiger partial charge is 0.251 e. The van der Waals surface area contributed by atoms with E-state index in [4.69, 9.17) is 0 Å². The predicted octanol–water partition coefficient (Wildman–Crippen LogP) is 2.89. The molecule has 1 aromatic heterocycles. The van der Waals surface area contributed by atoms with E-state index >= 15 is 0 Å². The lowest BCUT2D eigenvalue weighted by atomic mass is 10.1. The molecule has 1 aliphatic rings. The van der Waals surface area contributed by atoms with Crippen LogP contribution in [0.3, 0.4) is 0 Å². The van der Waals surface area contributed by atoms with Gasteiger partial charge in [-0.25, -0.2) is 9.67 Å². The molecule has 0 bridgehead atoms. The molecule has 142 valence electrons. The van der Waals surface area contributed by atoms with Crippen LogP contribution in [0.1, 0.15) is 41.7 Å². The molecular weight excluding hydrogens is 354 g/mol. The molecule has 1 saturated heterocycles. The number of anilines is 1. The van der Waals surface area contributed by atoms with Crippen LogP contribution in [0.5, 0.6) is 0 Å². The van der Waals surface area contributed by atoms with E-state index in [1.165, 1.54) is 6.33 Å². The minimum Gasteiger partial charge on any atom is -0.346 e. The summed E-state index contributed by atoms with van der Waals surface area (Å²) in [7, 11) is 0. The van der Waals surface area contributed by atoms with E-state index in [-0.39, 0.29) is 17.9 Å². The highest BCUT2D eigenvalue weighted by atomic mass is 16.2. The summed E-state index contributed by atoms with van der Waals surface area (Å²) in [4.78, 5) is 30.3. The Balaban J connectivity index is 1.45. The quantitative estimate of drug-likeness (QED) is 0.744. The fourth-order valence-corrected chi connectivity index (χ4v) is 3.36. The fourth-order valence-electron chi connectivity index (χ4n) is 3.36. The minimum atomic E-state index is -0.165. The van der Waals surface area contributed by atoms with Gasteiger partial charge in [-0.3, -0.25) is 9.59 Å². The maximum atomic E-state index is 12.7. The molecule has 2 aromatic carbocycles. The molecule has 28 heavy (non-hydrogen) atoms. The van der Waals surface area contributed by atoms with E-state index in [0.29, 0.717) is 18.5 Å². The van der Waals surface area contributed by atoms with Gasteiger partial charge in [0, 0.05) is 24.2 Å². The average molecular weight is 375 g/mol. The first-order valence-corrected chi connectivity index (χ1v) is 9.28. The minimum absolute atomic E-state index is 0.110. The van der Waals surface area contributed by atoms with E-state index in [9.17, 15) is 9.59 Å². The Kier molecular flexibility index (Phi) is 4.89. The first-order valence-electron chi connectivity index (χ1n) is 9.28. The monoisotopic (exact) mass is 375 g/mol. The van der Waals surface area contributed by atoms with Crippen LogP contribution >= 0.6 is 0 Å². The molecular formula is C21H21N5O2. The van der Waals surface area contributed by atoms with Gasteiger partial charge in [0.05, 0.1) is 11.7 Å². The van der Waals surface area contributed by atoms with Gasteiger partial charge >= 0.3 is 0 Å². The van der Waals surface area contributed by atoms with Crippen molar-refractivity contribution >= 4 is 17.5 Å². The fraction of sp³-hybridized carbons (Fsp3) is 0.238. The van der Waals surface area contributed by atoms with Gasteiger partial charge < -0.3 is 10.2 Å². The van der Waals surface area contributed by atoms with Crippen molar-refractivity contribution in [2.45, 2.75) is 25.8 Å². The van der Waals surface area contributed by atoms with Crippen LogP contribution < -0.4 is 10.2 Å². The Morgan fingerprint density at radius 1 is 1.14 bits per heavy atom. The highest BCUT2D eigenvalue weighted by molar-refractivity contribution is 5.99. The van der Waals surface area contributed by atoms with Crippen molar-refractivity contribution in [3.05, 3.63) is 72.3 Å². The van der Waals surface area contributed by atoms with Gasteiger partial charge in [-0.1, -0.05) is 18.2 Å². The second kappa shape index (κ2) is 7.64. The van der Waals surface area contributed by atoms with Crippen LogP contribution in [-0.2, 0) is 4.79 Å². The third kappa shape index (κ3) is 3.64. The number of carbonyl (C=O) groups excluding carboxylic acids is 2. The zero-order valence-electron chi connectivity index (χ0n) is 15.6. The number of hydrogen-bond donors (Lipinski definition) is 1. The summed E-state index contributed by atoms with van der Waals surface area (Å²) in [6.45, 7) is 2.65. The molecule has 0 saturated carbocycles. The number of hydrogen-bond acceptors (Lipinski definition) is 4. The van der Waals surface area contributed by atoms with E-state index in [0.717, 1.165) is 23.4 Å². The molecule has 0 radical (unpaired) electrons. The Labute approximate surface area is 163 Å². The van der Waals surface area contributed by atoms with Gasteiger partial charge in [0.25, 0.3) is 5.91 Å². The number of amides is 2. The third-order valence-electron chi connectivity index (χ3n) is 4.92. The van der Waals surface area contributed by atoms with Crippen LogP contribution in [0.15, 0.2) is 61.2 Å². The molecule has 7 heteroatoms. The zero-order chi connectivity index (χ0) is 19.5. The van der Waals surface area contributed by atoms with E-state index in [1.54, 1.807) is 28.0 Å². The third-order valence-corrected chi connectivity index (χ3v) is 4.92. The second-order valence-corrected chi connectivity index (χ2v) is 6.83. The summed E-state index contributed by atoms with van der Waals surface area (Å²) in [5.41, 5.74) is 3.22. The summed E-state index contributed by atoms with van der Waals surface area (Å²) >= 11 is 0. The SMILES string of the molecule is C[C@@H](NC(=O)c1cccc(N2CCCC2=O)c1)c1ccc(-n2cncn2)cc1. The van der Waals surface area contributed by atoms with Crippen molar-refractivity contribution < 1.29 is 9.59 Å². The van der Waals surface area contributed by atoms with Crippen LogP contribution in [0, 0.1) is 0 Å². The summed E-state index contributed by atoms with van der Waals surface area (Å²) in [6, 6.07) is 14.9. The Morgan fingerprint density at radius 2 is 1.96 bits per heavy atom. The summed E-state index contributed by atoms with van der Waals surface area (Å²) in [5, 5.41) is 7.12. The van der Waals surface area contributed by atoms with Gasteiger partial charge in [0.1, 0.15) is 12.7 Å². The molecule has 1 atom stereocenters. The van der Waals surface area contributed by atoms with Crippen molar-refractivity contribution in [3.63, 3.8) is 0 Å². The molecule has 2 amide bonds. The second-order valence-electron chi connectivity index (χ2n) is 6.83. The van der Waals surface area contributed by atoms with Crippen LogP contribution in [0.4, 0.5) is 5.69 Å². The summed E-state index contributed by atoms with van der Waals surface area (Å²) < 4.78 is 1.68. The molecule has 0 aliphatic carbocycles. The van der Waals surface area contributed by atoms with Crippen LogP contribution in [0.25, 0.3) is 5.69 Å². The Morgan fingerprint density at radius 3 is 2.64 bits per heavy atom. The predicted molar refractivity (Wildman–Crippen MR) is 105 cm³/mol. The molecule has 2 heterocycles. The lowest BCUT2D eigenvalue weighted by Gasteiger charge is -2.18. The van der Waals surface area contributed by atoms with E-state index in [1.807, 2.05) is 43.3 Å². The first kappa shape index (κ1) is 17.9. The number of aromatic nitrogens is 3. The van der Waals surface area contributed by atoms with Gasteiger partial charge in [0.15, 0.2) is 0 Å². The van der Waals surface area contributed by atoms with E-state index < -0.39 is 0 Å². The molecule has 4 rings (SSSR count). The lowest BCUT2D eigenvalue weighted by Crippen LogP contribution is -2.28. The van der Waals surface area contributed by atoms with Crippen molar-refractivity contribution in [3.8, 4) is 5.69 Å². The topological polar surface area (TPSA) is 80.1 Å².